The largest absolute Gasteiger partial charge is 0.452 e. The lowest BCUT2D eigenvalue weighted by Gasteiger charge is -2.10. The number of nitro groups is 1. The molecule has 10 nitrogen and oxygen atoms in total. The molecule has 0 bridgehead atoms. The molecule has 0 aromatic heterocycles. The number of hydrogen-bond acceptors (Lipinski definition) is 7. The first-order valence-corrected chi connectivity index (χ1v) is 9.00. The van der Waals surface area contributed by atoms with E-state index in [1.165, 1.54) is 12.1 Å². The number of nitrogen functional groups attached to an aromatic ring is 1. The van der Waals surface area contributed by atoms with Crippen molar-refractivity contribution < 1.29 is 24.0 Å². The van der Waals surface area contributed by atoms with Crippen LogP contribution < -0.4 is 16.4 Å². The Balaban J connectivity index is 1.82. The zero-order chi connectivity index (χ0) is 21.6. The van der Waals surface area contributed by atoms with Gasteiger partial charge in [0.25, 0.3) is 11.6 Å². The highest BCUT2D eigenvalue weighted by atomic mass is 79.9. The van der Waals surface area contributed by atoms with Crippen LogP contribution in [-0.4, -0.2) is 35.9 Å². The maximum atomic E-state index is 11.9. The summed E-state index contributed by atoms with van der Waals surface area (Å²) in [5, 5.41) is 15.8. The molecule has 152 valence electrons. The quantitative estimate of drug-likeness (QED) is 0.245. The average molecular weight is 465 g/mol. The van der Waals surface area contributed by atoms with Gasteiger partial charge >= 0.3 is 5.97 Å². The normalized spacial score (nSPS) is 10.1. The number of carbonyl (C=O) groups excluding carboxylic acids is 3. The number of halogens is 1. The molecule has 0 saturated heterocycles. The minimum Gasteiger partial charge on any atom is -0.452 e. The number of nitro benzene ring substituents is 1. The molecule has 0 unspecified atom stereocenters. The Kier molecular flexibility index (Phi) is 7.26. The van der Waals surface area contributed by atoms with Crippen molar-refractivity contribution >= 4 is 50.8 Å². The van der Waals surface area contributed by atoms with E-state index in [0.717, 1.165) is 16.1 Å². The van der Waals surface area contributed by atoms with Gasteiger partial charge in [-0.05, 0) is 42.8 Å². The molecule has 2 amide bonds. The van der Waals surface area contributed by atoms with Crippen molar-refractivity contribution in [2.24, 2.45) is 0 Å². The van der Waals surface area contributed by atoms with Crippen LogP contribution in [0.4, 0.5) is 17.1 Å². The lowest BCUT2D eigenvalue weighted by molar-refractivity contribution is -0.383. The van der Waals surface area contributed by atoms with Gasteiger partial charge in [-0.1, -0.05) is 15.9 Å². The maximum Gasteiger partial charge on any atom is 0.338 e. The Morgan fingerprint density at radius 2 is 1.90 bits per heavy atom. The molecule has 2 aromatic rings. The highest BCUT2D eigenvalue weighted by molar-refractivity contribution is 9.10. The van der Waals surface area contributed by atoms with E-state index in [-0.39, 0.29) is 17.8 Å². The van der Waals surface area contributed by atoms with Gasteiger partial charge in [0.05, 0.1) is 17.0 Å². The minimum atomic E-state index is -0.932. The summed E-state index contributed by atoms with van der Waals surface area (Å²) in [4.78, 5) is 45.7. The van der Waals surface area contributed by atoms with Crippen molar-refractivity contribution in [3.8, 4) is 0 Å². The Labute approximate surface area is 173 Å². The Morgan fingerprint density at radius 1 is 1.17 bits per heavy atom. The van der Waals surface area contributed by atoms with Crippen molar-refractivity contribution in [3.05, 3.63) is 62.1 Å². The van der Waals surface area contributed by atoms with Crippen LogP contribution in [0.2, 0.25) is 0 Å². The molecule has 0 radical (unpaired) electrons. The van der Waals surface area contributed by atoms with Gasteiger partial charge in [-0.3, -0.25) is 19.7 Å². The van der Waals surface area contributed by atoms with Crippen molar-refractivity contribution in [2.45, 2.75) is 6.92 Å². The second kappa shape index (κ2) is 9.64. The summed E-state index contributed by atoms with van der Waals surface area (Å²) < 4.78 is 5.67. The molecule has 0 fully saturated rings. The van der Waals surface area contributed by atoms with Gasteiger partial charge in [-0.2, -0.15) is 0 Å². The predicted molar refractivity (Wildman–Crippen MR) is 108 cm³/mol. The van der Waals surface area contributed by atoms with Gasteiger partial charge in [0.15, 0.2) is 6.61 Å². The fraction of sp³-hybridized carbons (Fsp3) is 0.167. The molecule has 11 heteroatoms. The van der Waals surface area contributed by atoms with E-state index in [4.69, 9.17) is 10.5 Å². The number of anilines is 2. The first-order valence-electron chi connectivity index (χ1n) is 8.21. The number of aryl methyl sites for hydroxylation is 1. The molecule has 29 heavy (non-hydrogen) atoms. The van der Waals surface area contributed by atoms with Crippen LogP contribution in [-0.2, 0) is 14.3 Å². The van der Waals surface area contributed by atoms with Gasteiger partial charge in [-0.15, -0.1) is 0 Å². The highest BCUT2D eigenvalue weighted by Gasteiger charge is 2.17. The number of rotatable bonds is 7. The third-order valence-electron chi connectivity index (χ3n) is 3.71. The number of nitrogens with two attached hydrogens (primary N) is 1. The molecule has 2 aromatic carbocycles. The molecule has 0 heterocycles. The molecule has 0 spiro atoms. The number of nitrogens with zero attached hydrogens (tertiary/aromatic N) is 1. The fourth-order valence-corrected chi connectivity index (χ4v) is 2.71. The van der Waals surface area contributed by atoms with Crippen molar-refractivity contribution in [2.75, 3.05) is 24.2 Å². The molecule has 0 atom stereocenters. The Hall–Kier alpha value is -3.47. The van der Waals surface area contributed by atoms with Crippen LogP contribution in [0.3, 0.4) is 0 Å². The molecule has 0 aliphatic carbocycles. The molecule has 2 rings (SSSR count). The predicted octanol–water partition coefficient (Wildman–Crippen LogP) is 2.16. The van der Waals surface area contributed by atoms with Crippen molar-refractivity contribution in [1.29, 1.82) is 0 Å². The van der Waals surface area contributed by atoms with Crippen LogP contribution >= 0.6 is 15.9 Å². The molecular weight excluding hydrogens is 448 g/mol. The third kappa shape index (κ3) is 6.28. The summed E-state index contributed by atoms with van der Waals surface area (Å²) in [7, 11) is 0. The van der Waals surface area contributed by atoms with Gasteiger partial charge in [0.1, 0.15) is 5.69 Å². The number of amides is 2. The summed E-state index contributed by atoms with van der Waals surface area (Å²) in [6, 6.07) is 8.72. The standard InChI is InChI=1S/C18H17BrN4O6/c1-10-6-12(19)3-5-14(10)22-16(24)8-21-17(25)9-29-18(26)11-2-4-13(20)15(7-11)23(27)28/h2-7H,8-9,20H2,1H3,(H,21,25)(H,22,24). The van der Waals surface area contributed by atoms with E-state index in [9.17, 15) is 24.5 Å². The first kappa shape index (κ1) is 21.8. The van der Waals surface area contributed by atoms with E-state index in [1.54, 1.807) is 12.1 Å². The summed E-state index contributed by atoms with van der Waals surface area (Å²) in [6.45, 7) is 0.848. The number of nitrogens with one attached hydrogen (secondary N) is 2. The summed E-state index contributed by atoms with van der Waals surface area (Å²) in [5.41, 5.74) is 6.23. The number of benzene rings is 2. The molecule has 4 N–H and O–H groups in total. The van der Waals surface area contributed by atoms with Crippen LogP contribution in [0, 0.1) is 17.0 Å². The van der Waals surface area contributed by atoms with Crippen LogP contribution in [0.25, 0.3) is 0 Å². The average Bonchev–Trinajstić information content (AvgIpc) is 2.66. The number of ether oxygens (including phenoxy) is 1. The van der Waals surface area contributed by atoms with E-state index in [1.807, 2.05) is 13.0 Å². The highest BCUT2D eigenvalue weighted by Crippen LogP contribution is 2.22. The fourth-order valence-electron chi connectivity index (χ4n) is 2.23. The smallest absolute Gasteiger partial charge is 0.338 e. The second-order valence-corrected chi connectivity index (χ2v) is 6.81. The third-order valence-corrected chi connectivity index (χ3v) is 4.20. The first-order chi connectivity index (χ1) is 13.7. The zero-order valence-corrected chi connectivity index (χ0v) is 16.8. The lowest BCUT2D eigenvalue weighted by Crippen LogP contribution is -2.35. The van der Waals surface area contributed by atoms with E-state index >= 15 is 0 Å². The van der Waals surface area contributed by atoms with Gasteiger partial charge in [-0.25, -0.2) is 4.79 Å². The zero-order valence-electron chi connectivity index (χ0n) is 15.2. The van der Waals surface area contributed by atoms with Crippen molar-refractivity contribution in [1.82, 2.24) is 5.32 Å². The Bertz CT molecular complexity index is 979. The maximum absolute atomic E-state index is 11.9. The molecule has 0 aliphatic heterocycles. The van der Waals surface area contributed by atoms with E-state index in [0.29, 0.717) is 5.69 Å². The summed E-state index contributed by atoms with van der Waals surface area (Å²) in [6.07, 6.45) is 0. The van der Waals surface area contributed by atoms with Gasteiger partial charge < -0.3 is 21.1 Å². The minimum absolute atomic E-state index is 0.101. The van der Waals surface area contributed by atoms with E-state index in [2.05, 4.69) is 26.6 Å². The number of carbonyl (C=O) groups is 3. The summed E-state index contributed by atoms with van der Waals surface area (Å²) >= 11 is 3.32. The summed E-state index contributed by atoms with van der Waals surface area (Å²) in [5.74, 6) is -2.09. The van der Waals surface area contributed by atoms with Gasteiger partial charge in [0.2, 0.25) is 5.91 Å². The Morgan fingerprint density at radius 3 is 2.55 bits per heavy atom. The monoisotopic (exact) mass is 464 g/mol. The topological polar surface area (TPSA) is 154 Å². The molecule has 0 aliphatic rings. The van der Waals surface area contributed by atoms with Crippen molar-refractivity contribution in [3.63, 3.8) is 0 Å². The lowest BCUT2D eigenvalue weighted by atomic mass is 10.2. The van der Waals surface area contributed by atoms with Crippen LogP contribution in [0.5, 0.6) is 0 Å². The van der Waals surface area contributed by atoms with Crippen LogP contribution in [0.1, 0.15) is 15.9 Å². The number of hydrogen-bond donors (Lipinski definition) is 3. The molecule has 0 saturated carbocycles. The van der Waals surface area contributed by atoms with E-state index < -0.39 is 35.0 Å². The van der Waals surface area contributed by atoms with Gasteiger partial charge in [0, 0.05) is 16.2 Å². The molecular formula is C18H17BrN4O6. The second-order valence-electron chi connectivity index (χ2n) is 5.89. The number of esters is 1. The van der Waals surface area contributed by atoms with Crippen LogP contribution in [0.15, 0.2) is 40.9 Å². The SMILES string of the molecule is Cc1cc(Br)ccc1NC(=O)CNC(=O)COC(=O)c1ccc(N)c([N+](=O)[O-])c1.